The third-order valence-corrected chi connectivity index (χ3v) is 8.53. The van der Waals surface area contributed by atoms with Gasteiger partial charge >= 0.3 is 0 Å². The van der Waals surface area contributed by atoms with Crippen LogP contribution in [0.5, 0.6) is 0 Å². The summed E-state index contributed by atoms with van der Waals surface area (Å²) in [6, 6.07) is 0.285. The van der Waals surface area contributed by atoms with Crippen molar-refractivity contribution in [3.63, 3.8) is 0 Å². The number of hydrogen-bond acceptors (Lipinski definition) is 3. The minimum absolute atomic E-state index is 0.285. The van der Waals surface area contributed by atoms with Gasteiger partial charge in [0.05, 0.1) is 12.7 Å². The molecule has 0 aliphatic rings. The molecule has 0 amide bonds. The van der Waals surface area contributed by atoms with E-state index in [1.54, 1.807) is 6.20 Å². The molecule has 1 N–H and O–H groups in total. The van der Waals surface area contributed by atoms with Crippen molar-refractivity contribution in [3.05, 3.63) is 24.9 Å². The minimum atomic E-state index is 0.285. The van der Waals surface area contributed by atoms with Crippen LogP contribution in [0, 0.1) is 35.5 Å². The molecule has 0 fully saturated rings. The number of nitrogens with one attached hydrogen (secondary N) is 1. The zero-order valence-electron chi connectivity index (χ0n) is 31.3. The van der Waals surface area contributed by atoms with Crippen LogP contribution < -0.4 is 5.32 Å². The van der Waals surface area contributed by atoms with Crippen LogP contribution in [-0.4, -0.2) is 24.5 Å². The lowest BCUT2D eigenvalue weighted by atomic mass is 9.96. The highest BCUT2D eigenvalue weighted by atomic mass is 16.5. The predicted molar refractivity (Wildman–Crippen MR) is 206 cm³/mol. The highest BCUT2D eigenvalue weighted by Crippen LogP contribution is 2.19. The zero-order valence-corrected chi connectivity index (χ0v) is 31.3. The second kappa shape index (κ2) is 36.4. The van der Waals surface area contributed by atoms with Crippen molar-refractivity contribution in [1.82, 2.24) is 5.32 Å². The van der Waals surface area contributed by atoms with E-state index in [1.807, 2.05) is 0 Å². The number of allylic oxidation sites excluding steroid dienone is 1. The molecule has 0 saturated heterocycles. The van der Waals surface area contributed by atoms with E-state index in [9.17, 15) is 4.79 Å². The maximum Gasteiger partial charge on any atom is 0.132 e. The van der Waals surface area contributed by atoms with Crippen molar-refractivity contribution in [2.75, 3.05) is 6.61 Å². The minimum Gasteiger partial charge on any atom is -0.389 e. The number of ether oxygens (including phenoxy) is 1. The summed E-state index contributed by atoms with van der Waals surface area (Å²) in [6.07, 6.45) is 30.5. The van der Waals surface area contributed by atoms with Crippen LogP contribution in [0.3, 0.4) is 0 Å². The van der Waals surface area contributed by atoms with Crippen LogP contribution >= 0.6 is 0 Å². The molecule has 0 saturated carbocycles. The summed E-state index contributed by atoms with van der Waals surface area (Å²) in [5.41, 5.74) is 1.31. The van der Waals surface area contributed by atoms with Crippen LogP contribution in [0.4, 0.5) is 0 Å². The van der Waals surface area contributed by atoms with Crippen molar-refractivity contribution in [2.45, 2.75) is 206 Å². The summed E-state index contributed by atoms with van der Waals surface area (Å²) in [6.45, 7) is 15.6. The summed E-state index contributed by atoms with van der Waals surface area (Å²) < 4.78 is 6.29. The van der Waals surface area contributed by atoms with Crippen molar-refractivity contribution in [2.24, 2.45) is 0 Å². The monoisotopic (exact) mass is 648 g/mol. The molecule has 3 nitrogen and oxygen atoms in total. The molecule has 0 rings (SSSR count). The number of carbonyl (C=O) groups excluding carboxylic acids is 1. The van der Waals surface area contributed by atoms with Gasteiger partial charge in [-0.05, 0) is 89.7 Å². The van der Waals surface area contributed by atoms with Crippen molar-refractivity contribution in [3.8, 4) is 35.5 Å². The van der Waals surface area contributed by atoms with Crippen LogP contribution in [0.25, 0.3) is 0 Å². The van der Waals surface area contributed by atoms with E-state index in [-0.39, 0.29) is 6.04 Å². The van der Waals surface area contributed by atoms with Crippen LogP contribution in [0.2, 0.25) is 0 Å². The molecule has 0 aromatic rings. The van der Waals surface area contributed by atoms with Gasteiger partial charge in [-0.3, -0.25) is 4.79 Å². The molecule has 0 heterocycles. The Balaban J connectivity index is 4.30. The van der Waals surface area contributed by atoms with Gasteiger partial charge in [-0.2, -0.15) is 0 Å². The number of Topliss-reactive ketones (excluding diaryl/α,β-unsaturated/α-hetero) is 1. The van der Waals surface area contributed by atoms with Gasteiger partial charge in [0.15, 0.2) is 0 Å². The number of unbranched alkanes of at least 4 members (excludes halogenated alkanes) is 12. The van der Waals surface area contributed by atoms with Gasteiger partial charge in [-0.25, -0.2) is 0 Å². The van der Waals surface area contributed by atoms with E-state index in [2.05, 4.69) is 74.8 Å². The summed E-state index contributed by atoms with van der Waals surface area (Å²) in [7, 11) is 0. The Morgan fingerprint density at radius 3 is 1.72 bits per heavy atom. The quantitative estimate of drug-likeness (QED) is 0.0462. The number of ketones is 1. The molecule has 0 aromatic carbocycles. The topological polar surface area (TPSA) is 38.3 Å². The third kappa shape index (κ3) is 33.3. The first-order valence-electron chi connectivity index (χ1n) is 19.6. The van der Waals surface area contributed by atoms with E-state index in [1.165, 1.54) is 50.5 Å². The van der Waals surface area contributed by atoms with E-state index in [4.69, 9.17) is 4.74 Å². The van der Waals surface area contributed by atoms with Gasteiger partial charge in [0.1, 0.15) is 5.78 Å². The molecular weight excluding hydrogens is 574 g/mol. The molecule has 0 bridgehead atoms. The largest absolute Gasteiger partial charge is 0.389 e. The molecule has 47 heavy (non-hydrogen) atoms. The Labute approximate surface area is 293 Å². The fourth-order valence-corrected chi connectivity index (χ4v) is 5.41. The highest BCUT2D eigenvalue weighted by molar-refractivity contribution is 5.78. The average molecular weight is 648 g/mol. The van der Waals surface area contributed by atoms with Crippen molar-refractivity contribution < 1.29 is 9.53 Å². The summed E-state index contributed by atoms with van der Waals surface area (Å²) >= 11 is 0. The standard InChI is InChI=1S/C44H73NO2/c1-6-10-13-16-19-20-21-23-24-27-33-43(46)39-38-42(45-9-4)37-36-41(5)32-29-30-35-44(34-28-25-22-17-14-11-7-2)47-40-31-26-18-15-12-8-3/h9,42,44-45H,4-8,10-15,20-21,23-25,27-40H2,1-3H3. The van der Waals surface area contributed by atoms with Gasteiger partial charge in [-0.15, -0.1) is 35.5 Å². The SMILES string of the molecule is C=CNC(CCC(=C)CCCCC(CCCC#CCCCC)OCCC#CCCCC)CCC(=O)CCCCCCC#CCCCC. The first kappa shape index (κ1) is 44.6. The Morgan fingerprint density at radius 2 is 1.11 bits per heavy atom. The first-order chi connectivity index (χ1) is 23.1. The molecule has 0 aliphatic heterocycles. The lowest BCUT2D eigenvalue weighted by Crippen LogP contribution is -2.25. The Morgan fingerprint density at radius 1 is 0.596 bits per heavy atom. The number of hydrogen-bond donors (Lipinski definition) is 1. The molecule has 0 aliphatic carbocycles. The van der Waals surface area contributed by atoms with Gasteiger partial charge in [0, 0.05) is 57.4 Å². The van der Waals surface area contributed by atoms with E-state index in [0.717, 1.165) is 122 Å². The zero-order chi connectivity index (χ0) is 34.5. The normalized spacial score (nSPS) is 11.6. The fourth-order valence-electron chi connectivity index (χ4n) is 5.41. The van der Waals surface area contributed by atoms with E-state index in [0.29, 0.717) is 24.7 Å². The second-order valence-corrected chi connectivity index (χ2v) is 13.1. The lowest BCUT2D eigenvalue weighted by Gasteiger charge is -2.19. The molecule has 0 radical (unpaired) electrons. The van der Waals surface area contributed by atoms with Gasteiger partial charge in [-0.1, -0.05) is 78.0 Å². The first-order valence-corrected chi connectivity index (χ1v) is 19.6. The molecule has 266 valence electrons. The third-order valence-electron chi connectivity index (χ3n) is 8.53. The summed E-state index contributed by atoms with van der Waals surface area (Å²) in [4.78, 5) is 12.5. The van der Waals surface area contributed by atoms with Crippen molar-refractivity contribution >= 4 is 5.78 Å². The molecule has 0 aromatic heterocycles. The average Bonchev–Trinajstić information content (AvgIpc) is 3.07. The second-order valence-electron chi connectivity index (χ2n) is 13.1. The highest BCUT2D eigenvalue weighted by Gasteiger charge is 2.12. The fraction of sp³-hybridized carbons (Fsp3) is 0.750. The smallest absolute Gasteiger partial charge is 0.132 e. The molecule has 0 spiro atoms. The van der Waals surface area contributed by atoms with Crippen LogP contribution in [0.1, 0.15) is 194 Å². The lowest BCUT2D eigenvalue weighted by molar-refractivity contribution is -0.119. The van der Waals surface area contributed by atoms with Crippen molar-refractivity contribution in [1.29, 1.82) is 0 Å². The Bertz CT molecular complexity index is 915. The van der Waals surface area contributed by atoms with Gasteiger partial charge in [0.25, 0.3) is 0 Å². The molecule has 3 heteroatoms. The summed E-state index contributed by atoms with van der Waals surface area (Å²) in [5, 5.41) is 3.38. The Hall–Kier alpha value is -2.41. The number of rotatable bonds is 31. The maximum absolute atomic E-state index is 12.5. The molecule has 2 atom stereocenters. The predicted octanol–water partition coefficient (Wildman–Crippen LogP) is 12.2. The maximum atomic E-state index is 12.5. The van der Waals surface area contributed by atoms with Gasteiger partial charge in [0.2, 0.25) is 0 Å². The van der Waals surface area contributed by atoms with E-state index >= 15 is 0 Å². The number of carbonyl (C=O) groups is 1. The Kier molecular flexibility index (Phi) is 34.6. The van der Waals surface area contributed by atoms with Gasteiger partial charge < -0.3 is 10.1 Å². The molecule has 2 unspecified atom stereocenters. The van der Waals surface area contributed by atoms with Crippen LogP contribution in [-0.2, 0) is 9.53 Å². The van der Waals surface area contributed by atoms with Crippen LogP contribution in [0.15, 0.2) is 24.9 Å². The summed E-state index contributed by atoms with van der Waals surface area (Å²) in [5.74, 6) is 20.2. The molecular formula is C44H73NO2. The van der Waals surface area contributed by atoms with E-state index < -0.39 is 0 Å².